The van der Waals surface area contributed by atoms with Crippen LogP contribution in [-0.2, 0) is 5.41 Å². The highest BCUT2D eigenvalue weighted by molar-refractivity contribution is 5.85. The van der Waals surface area contributed by atoms with Crippen molar-refractivity contribution in [3.05, 3.63) is 29.8 Å². The largest absolute Gasteiger partial charge is 0.399 e. The maximum atomic E-state index is 12.9. The molecule has 0 spiro atoms. The minimum absolute atomic E-state index is 0. The van der Waals surface area contributed by atoms with Crippen molar-refractivity contribution in [2.24, 2.45) is 0 Å². The lowest BCUT2D eigenvalue weighted by atomic mass is 9.64. The number of nitrogen functional groups attached to an aromatic ring is 1. The summed E-state index contributed by atoms with van der Waals surface area (Å²) in [4.78, 5) is 0. The fourth-order valence-electron chi connectivity index (χ4n) is 2.10. The topological polar surface area (TPSA) is 26.0 Å². The lowest BCUT2D eigenvalue weighted by Crippen LogP contribution is -2.47. The first-order valence-corrected chi connectivity index (χ1v) is 4.88. The SMILES string of the molecule is Cl.Nc1cccc(C2(C(F)(F)F)CCC2)c1. The molecule has 0 radical (unpaired) electrons. The molecule has 1 nitrogen and oxygen atoms in total. The Balaban J connectivity index is 0.00000128. The predicted molar refractivity (Wildman–Crippen MR) is 59.7 cm³/mol. The van der Waals surface area contributed by atoms with Gasteiger partial charge in [-0.05, 0) is 30.5 Å². The molecule has 1 fully saturated rings. The zero-order chi connectivity index (χ0) is 11.1. The lowest BCUT2D eigenvalue weighted by Gasteiger charge is -2.43. The van der Waals surface area contributed by atoms with Crippen molar-refractivity contribution in [2.45, 2.75) is 30.9 Å². The molecule has 0 unspecified atom stereocenters. The van der Waals surface area contributed by atoms with E-state index in [9.17, 15) is 13.2 Å². The van der Waals surface area contributed by atoms with Gasteiger partial charge in [-0.1, -0.05) is 18.6 Å². The van der Waals surface area contributed by atoms with Crippen molar-refractivity contribution in [1.82, 2.24) is 0 Å². The third kappa shape index (κ3) is 1.86. The maximum absolute atomic E-state index is 12.9. The molecule has 0 saturated heterocycles. The molecule has 1 saturated carbocycles. The van der Waals surface area contributed by atoms with Gasteiger partial charge in [-0.15, -0.1) is 12.4 Å². The number of halogens is 4. The van der Waals surface area contributed by atoms with E-state index in [2.05, 4.69) is 0 Å². The Morgan fingerprint density at radius 2 is 1.81 bits per heavy atom. The van der Waals surface area contributed by atoms with E-state index < -0.39 is 11.6 Å². The molecular weight excluding hydrogens is 239 g/mol. The molecule has 0 aliphatic heterocycles. The molecule has 90 valence electrons. The predicted octanol–water partition coefficient (Wildman–Crippen LogP) is 3.67. The molecule has 5 heteroatoms. The van der Waals surface area contributed by atoms with Gasteiger partial charge in [0.2, 0.25) is 0 Å². The normalized spacial score (nSPS) is 18.4. The van der Waals surface area contributed by atoms with E-state index in [-0.39, 0.29) is 25.2 Å². The molecule has 1 aromatic carbocycles. The van der Waals surface area contributed by atoms with Gasteiger partial charge in [-0.3, -0.25) is 0 Å². The number of hydrogen-bond donors (Lipinski definition) is 1. The standard InChI is InChI=1S/C11H12F3N.ClH/c12-11(13,14)10(5-2-6-10)8-3-1-4-9(15)7-8;/h1,3-4,7H,2,5-6,15H2;1H. The van der Waals surface area contributed by atoms with E-state index in [1.54, 1.807) is 12.1 Å². The van der Waals surface area contributed by atoms with E-state index in [1.165, 1.54) is 12.1 Å². The van der Waals surface area contributed by atoms with Crippen LogP contribution in [0.25, 0.3) is 0 Å². The van der Waals surface area contributed by atoms with Crippen LogP contribution < -0.4 is 5.73 Å². The average Bonchev–Trinajstić information content (AvgIpc) is 1.98. The summed E-state index contributed by atoms with van der Waals surface area (Å²) < 4.78 is 38.8. The monoisotopic (exact) mass is 251 g/mol. The van der Waals surface area contributed by atoms with E-state index >= 15 is 0 Å². The van der Waals surface area contributed by atoms with Gasteiger partial charge in [0.05, 0.1) is 5.41 Å². The number of anilines is 1. The lowest BCUT2D eigenvalue weighted by molar-refractivity contribution is -0.212. The summed E-state index contributed by atoms with van der Waals surface area (Å²) >= 11 is 0. The number of rotatable bonds is 1. The smallest absolute Gasteiger partial charge is 0.398 e. The van der Waals surface area contributed by atoms with Crippen molar-refractivity contribution in [3.8, 4) is 0 Å². The molecule has 16 heavy (non-hydrogen) atoms. The van der Waals surface area contributed by atoms with Crippen molar-refractivity contribution >= 4 is 18.1 Å². The summed E-state index contributed by atoms with van der Waals surface area (Å²) in [6.07, 6.45) is -3.17. The molecule has 0 amide bonds. The van der Waals surface area contributed by atoms with Crippen LogP contribution in [0.2, 0.25) is 0 Å². The summed E-state index contributed by atoms with van der Waals surface area (Å²) in [5, 5.41) is 0. The molecule has 1 aliphatic rings. The average molecular weight is 252 g/mol. The Hall–Kier alpha value is -0.900. The summed E-state index contributed by atoms with van der Waals surface area (Å²) in [6.45, 7) is 0. The van der Waals surface area contributed by atoms with Crippen LogP contribution in [0.1, 0.15) is 24.8 Å². The Labute approximate surface area is 98.2 Å². The zero-order valence-electron chi connectivity index (χ0n) is 8.55. The molecule has 1 aromatic rings. The van der Waals surface area contributed by atoms with Gasteiger partial charge >= 0.3 is 6.18 Å². The molecule has 0 aromatic heterocycles. The highest BCUT2D eigenvalue weighted by atomic mass is 35.5. The number of hydrogen-bond acceptors (Lipinski definition) is 1. The Morgan fingerprint density at radius 1 is 1.19 bits per heavy atom. The first-order chi connectivity index (χ1) is 6.96. The fourth-order valence-corrected chi connectivity index (χ4v) is 2.10. The number of alkyl halides is 3. The van der Waals surface area contributed by atoms with Gasteiger partial charge in [0.25, 0.3) is 0 Å². The minimum atomic E-state index is -4.17. The second-order valence-corrected chi connectivity index (χ2v) is 4.06. The van der Waals surface area contributed by atoms with Crippen LogP contribution in [-0.4, -0.2) is 6.18 Å². The molecule has 0 heterocycles. The molecule has 0 atom stereocenters. The van der Waals surface area contributed by atoms with E-state index in [0.29, 0.717) is 17.7 Å². The van der Waals surface area contributed by atoms with E-state index in [4.69, 9.17) is 5.73 Å². The van der Waals surface area contributed by atoms with Gasteiger partial charge in [-0.25, -0.2) is 0 Å². The quantitative estimate of drug-likeness (QED) is 0.757. The van der Waals surface area contributed by atoms with E-state index in [0.717, 1.165) is 0 Å². The first kappa shape index (κ1) is 13.2. The van der Waals surface area contributed by atoms with Crippen LogP contribution in [0.3, 0.4) is 0 Å². The van der Waals surface area contributed by atoms with Crippen LogP contribution in [0.4, 0.5) is 18.9 Å². The molecule has 2 N–H and O–H groups in total. The van der Waals surface area contributed by atoms with Gasteiger partial charge in [0, 0.05) is 5.69 Å². The highest BCUT2D eigenvalue weighted by Crippen LogP contribution is 2.54. The second-order valence-electron chi connectivity index (χ2n) is 4.06. The van der Waals surface area contributed by atoms with Crippen molar-refractivity contribution in [3.63, 3.8) is 0 Å². The Kier molecular flexibility index (Phi) is 3.43. The third-order valence-electron chi connectivity index (χ3n) is 3.19. The summed E-state index contributed by atoms with van der Waals surface area (Å²) in [6, 6.07) is 6.14. The summed E-state index contributed by atoms with van der Waals surface area (Å²) in [5.41, 5.74) is 4.57. The number of benzene rings is 1. The number of nitrogens with two attached hydrogens (primary N) is 1. The summed E-state index contributed by atoms with van der Waals surface area (Å²) in [5.74, 6) is 0. The molecular formula is C11H13ClF3N. The van der Waals surface area contributed by atoms with Gasteiger partial charge in [-0.2, -0.15) is 13.2 Å². The van der Waals surface area contributed by atoms with Gasteiger partial charge < -0.3 is 5.73 Å². The van der Waals surface area contributed by atoms with Crippen LogP contribution >= 0.6 is 12.4 Å². The molecule has 2 rings (SSSR count). The highest BCUT2D eigenvalue weighted by Gasteiger charge is 2.59. The van der Waals surface area contributed by atoms with Crippen molar-refractivity contribution < 1.29 is 13.2 Å². The summed E-state index contributed by atoms with van der Waals surface area (Å²) in [7, 11) is 0. The fraction of sp³-hybridized carbons (Fsp3) is 0.455. The van der Waals surface area contributed by atoms with Crippen molar-refractivity contribution in [2.75, 3.05) is 5.73 Å². The Morgan fingerprint density at radius 3 is 2.19 bits per heavy atom. The van der Waals surface area contributed by atoms with Crippen LogP contribution in [0.5, 0.6) is 0 Å². The van der Waals surface area contributed by atoms with Crippen LogP contribution in [0.15, 0.2) is 24.3 Å². The van der Waals surface area contributed by atoms with E-state index in [1.807, 2.05) is 0 Å². The van der Waals surface area contributed by atoms with Crippen molar-refractivity contribution in [1.29, 1.82) is 0 Å². The van der Waals surface area contributed by atoms with Gasteiger partial charge in [0.1, 0.15) is 0 Å². The molecule has 0 bridgehead atoms. The maximum Gasteiger partial charge on any atom is 0.398 e. The molecule has 1 aliphatic carbocycles. The Bertz CT molecular complexity index is 372. The minimum Gasteiger partial charge on any atom is -0.399 e. The third-order valence-corrected chi connectivity index (χ3v) is 3.19. The van der Waals surface area contributed by atoms with Gasteiger partial charge in [0.15, 0.2) is 0 Å². The zero-order valence-corrected chi connectivity index (χ0v) is 9.37. The second kappa shape index (κ2) is 4.17. The first-order valence-electron chi connectivity index (χ1n) is 4.88. The van der Waals surface area contributed by atoms with Crippen LogP contribution in [0, 0.1) is 0 Å².